The summed E-state index contributed by atoms with van der Waals surface area (Å²) in [6.45, 7) is 1.51. The molecule has 0 spiro atoms. The van der Waals surface area contributed by atoms with E-state index in [0.717, 1.165) is 62.9 Å². The summed E-state index contributed by atoms with van der Waals surface area (Å²) in [4.78, 5) is 24.7. The van der Waals surface area contributed by atoms with Crippen LogP contribution >= 0.6 is 0 Å². The Kier molecular flexibility index (Phi) is 5.03. The lowest BCUT2D eigenvalue weighted by atomic mass is 9.49. The molecule has 1 unspecified atom stereocenters. The minimum atomic E-state index is -0.236. The summed E-state index contributed by atoms with van der Waals surface area (Å²) in [6.07, 6.45) is 10.7. The van der Waals surface area contributed by atoms with Gasteiger partial charge in [-0.05, 0) is 75.5 Å². The highest BCUT2D eigenvalue weighted by Crippen LogP contribution is 2.60. The maximum Gasteiger partial charge on any atom is 0.307 e. The van der Waals surface area contributed by atoms with Crippen molar-refractivity contribution in [2.45, 2.75) is 70.3 Å². The summed E-state index contributed by atoms with van der Waals surface area (Å²) >= 11 is 0. The van der Waals surface area contributed by atoms with E-state index in [1.165, 1.54) is 19.3 Å². The number of carbonyl (C=O) groups excluding carboxylic acids is 2. The number of nitrogens with one attached hydrogen (secondary N) is 1. The van der Waals surface area contributed by atoms with E-state index in [4.69, 9.17) is 9.47 Å². The van der Waals surface area contributed by atoms with E-state index in [2.05, 4.69) is 5.32 Å². The first-order chi connectivity index (χ1) is 12.1. The Morgan fingerprint density at radius 2 is 1.72 bits per heavy atom. The molecular weight excluding hydrogens is 318 g/mol. The Labute approximate surface area is 150 Å². The maximum absolute atomic E-state index is 12.8. The lowest BCUT2D eigenvalue weighted by Crippen LogP contribution is -2.53. The monoisotopic (exact) mass is 349 g/mol. The van der Waals surface area contributed by atoms with Gasteiger partial charge < -0.3 is 14.8 Å². The topological polar surface area (TPSA) is 64.6 Å². The minimum Gasteiger partial charge on any atom is -0.463 e. The molecule has 5 rings (SSSR count). The molecule has 5 fully saturated rings. The smallest absolute Gasteiger partial charge is 0.307 e. The van der Waals surface area contributed by atoms with Gasteiger partial charge in [-0.2, -0.15) is 0 Å². The van der Waals surface area contributed by atoms with Gasteiger partial charge in [-0.15, -0.1) is 0 Å². The number of ether oxygens (including phenoxy) is 2. The standard InChI is InChI=1S/C20H31NO4/c22-18(25-13-17-3-1-2-6-24-17)4-5-21-19(23)20-10-14-7-15(11-20)9-16(8-14)12-20/h14-17H,1-13H2,(H,21,23). The molecule has 1 aliphatic heterocycles. The molecule has 1 heterocycles. The van der Waals surface area contributed by atoms with Crippen LogP contribution in [0.25, 0.3) is 0 Å². The van der Waals surface area contributed by atoms with Gasteiger partial charge in [0.25, 0.3) is 0 Å². The molecule has 25 heavy (non-hydrogen) atoms. The first-order valence-electron chi connectivity index (χ1n) is 10.2. The number of esters is 1. The fourth-order valence-electron chi connectivity index (χ4n) is 6.05. The van der Waals surface area contributed by atoms with Gasteiger partial charge in [0.1, 0.15) is 6.61 Å². The van der Waals surface area contributed by atoms with Gasteiger partial charge in [0.05, 0.1) is 12.5 Å². The van der Waals surface area contributed by atoms with Gasteiger partial charge in [-0.25, -0.2) is 0 Å². The Bertz CT molecular complexity index is 477. The highest BCUT2D eigenvalue weighted by Gasteiger charge is 2.54. The van der Waals surface area contributed by atoms with Crippen LogP contribution in [0.4, 0.5) is 0 Å². The van der Waals surface area contributed by atoms with E-state index in [9.17, 15) is 9.59 Å². The molecule has 140 valence electrons. The second-order valence-electron chi connectivity index (χ2n) is 8.88. The van der Waals surface area contributed by atoms with Gasteiger partial charge in [-0.3, -0.25) is 9.59 Å². The van der Waals surface area contributed by atoms with Crippen molar-refractivity contribution in [1.82, 2.24) is 5.32 Å². The van der Waals surface area contributed by atoms with Crippen molar-refractivity contribution in [2.75, 3.05) is 19.8 Å². The van der Waals surface area contributed by atoms with Gasteiger partial charge >= 0.3 is 5.97 Å². The number of amides is 1. The lowest BCUT2D eigenvalue weighted by molar-refractivity contribution is -0.150. The zero-order valence-electron chi connectivity index (χ0n) is 15.1. The summed E-state index contributed by atoms with van der Waals surface area (Å²) in [7, 11) is 0. The fourth-order valence-corrected chi connectivity index (χ4v) is 6.05. The van der Waals surface area contributed by atoms with Crippen LogP contribution < -0.4 is 5.32 Å². The van der Waals surface area contributed by atoms with Gasteiger partial charge in [0.2, 0.25) is 5.91 Å². The molecule has 4 aliphatic carbocycles. The third-order valence-electron chi connectivity index (χ3n) is 6.84. The summed E-state index contributed by atoms with van der Waals surface area (Å²) in [5.41, 5.74) is -0.130. The van der Waals surface area contributed by atoms with Crippen molar-refractivity contribution in [1.29, 1.82) is 0 Å². The molecule has 4 bridgehead atoms. The van der Waals surface area contributed by atoms with E-state index < -0.39 is 0 Å². The molecular formula is C20H31NO4. The van der Waals surface area contributed by atoms with Crippen LogP contribution in [0.2, 0.25) is 0 Å². The average molecular weight is 349 g/mol. The molecule has 5 nitrogen and oxygen atoms in total. The predicted molar refractivity (Wildman–Crippen MR) is 92.8 cm³/mol. The molecule has 5 heteroatoms. The minimum absolute atomic E-state index is 0.0549. The van der Waals surface area contributed by atoms with Crippen molar-refractivity contribution in [3.8, 4) is 0 Å². The zero-order valence-corrected chi connectivity index (χ0v) is 15.1. The molecule has 1 amide bonds. The van der Waals surface area contributed by atoms with E-state index in [-0.39, 0.29) is 29.8 Å². The summed E-state index contributed by atoms with van der Waals surface area (Å²) < 4.78 is 10.9. The molecule has 4 saturated carbocycles. The molecule has 0 aromatic heterocycles. The van der Waals surface area contributed by atoms with E-state index in [1.54, 1.807) is 0 Å². The molecule has 0 aromatic carbocycles. The fraction of sp³-hybridized carbons (Fsp3) is 0.900. The number of hydrogen-bond acceptors (Lipinski definition) is 4. The second-order valence-corrected chi connectivity index (χ2v) is 8.88. The SMILES string of the molecule is O=C(CCNC(=O)C12CC3CC(CC(C3)C1)C2)OCC1CCCCO1. The molecule has 5 aliphatic rings. The zero-order chi connectivity index (χ0) is 17.3. The number of hydrogen-bond donors (Lipinski definition) is 1. The summed E-state index contributed by atoms with van der Waals surface area (Å²) in [5.74, 6) is 2.24. The van der Waals surface area contributed by atoms with Crippen molar-refractivity contribution >= 4 is 11.9 Å². The lowest BCUT2D eigenvalue weighted by Gasteiger charge is -2.55. The van der Waals surface area contributed by atoms with Crippen molar-refractivity contribution in [3.05, 3.63) is 0 Å². The first kappa shape index (κ1) is 17.3. The number of rotatable bonds is 6. The van der Waals surface area contributed by atoms with E-state index in [1.807, 2.05) is 0 Å². The average Bonchev–Trinajstić information content (AvgIpc) is 2.59. The van der Waals surface area contributed by atoms with Crippen LogP contribution in [0.5, 0.6) is 0 Å². The van der Waals surface area contributed by atoms with Crippen molar-refractivity contribution < 1.29 is 19.1 Å². The van der Waals surface area contributed by atoms with Crippen LogP contribution in [0.15, 0.2) is 0 Å². The van der Waals surface area contributed by atoms with Crippen molar-refractivity contribution in [2.24, 2.45) is 23.2 Å². The van der Waals surface area contributed by atoms with Gasteiger partial charge in [-0.1, -0.05) is 0 Å². The largest absolute Gasteiger partial charge is 0.463 e. The van der Waals surface area contributed by atoms with Crippen LogP contribution in [0, 0.1) is 23.2 Å². The Balaban J connectivity index is 1.18. The third-order valence-corrected chi connectivity index (χ3v) is 6.84. The second kappa shape index (κ2) is 7.26. The third kappa shape index (κ3) is 3.86. The van der Waals surface area contributed by atoms with Crippen molar-refractivity contribution in [3.63, 3.8) is 0 Å². The summed E-state index contributed by atoms with van der Waals surface area (Å²) in [5, 5.41) is 3.04. The highest BCUT2D eigenvalue weighted by atomic mass is 16.6. The van der Waals surface area contributed by atoms with E-state index in [0.29, 0.717) is 13.2 Å². The first-order valence-corrected chi connectivity index (χ1v) is 10.2. The quantitative estimate of drug-likeness (QED) is 0.749. The molecule has 1 N–H and O–H groups in total. The van der Waals surface area contributed by atoms with Gasteiger partial charge in [0, 0.05) is 18.6 Å². The molecule has 0 radical (unpaired) electrons. The normalized spacial score (nSPS) is 39.2. The van der Waals surface area contributed by atoms with Crippen LogP contribution in [-0.4, -0.2) is 37.7 Å². The predicted octanol–water partition coefficient (Wildman–Crippen LogP) is 2.82. The van der Waals surface area contributed by atoms with Crippen LogP contribution in [0.3, 0.4) is 0 Å². The molecule has 1 saturated heterocycles. The summed E-state index contributed by atoms with van der Waals surface area (Å²) in [6, 6.07) is 0. The van der Waals surface area contributed by atoms with Gasteiger partial charge in [0.15, 0.2) is 0 Å². The van der Waals surface area contributed by atoms with E-state index >= 15 is 0 Å². The van der Waals surface area contributed by atoms with Crippen LogP contribution in [0.1, 0.15) is 64.2 Å². The molecule has 0 aromatic rings. The highest BCUT2D eigenvalue weighted by molar-refractivity contribution is 5.83. The Morgan fingerprint density at radius 3 is 2.32 bits per heavy atom. The van der Waals surface area contributed by atoms with Crippen LogP contribution in [-0.2, 0) is 19.1 Å². The molecule has 1 atom stereocenters. The number of carbonyl (C=O) groups is 2. The Morgan fingerprint density at radius 1 is 1.04 bits per heavy atom. The Hall–Kier alpha value is -1.10. The maximum atomic E-state index is 12.8.